The maximum absolute atomic E-state index is 6.39. The predicted octanol–water partition coefficient (Wildman–Crippen LogP) is 13.5. The molecule has 329 valence electrons. The summed E-state index contributed by atoms with van der Waals surface area (Å²) in [6.07, 6.45) is 13.0. The van der Waals surface area contributed by atoms with Gasteiger partial charge >= 0.3 is 167 Å². The molecule has 0 atom stereocenters. The average molecular weight is 1090 g/mol. The molecule has 4 aromatic carbocycles. The predicted molar refractivity (Wildman–Crippen MR) is 264 cm³/mol. The molecule has 0 N–H and O–H groups in total. The van der Waals surface area contributed by atoms with Crippen LogP contribution in [0.15, 0.2) is 126 Å². The van der Waals surface area contributed by atoms with Gasteiger partial charge in [-0.1, -0.05) is 59.5 Å². The third-order valence-electron chi connectivity index (χ3n) is 14.7. The van der Waals surface area contributed by atoms with Crippen LogP contribution in [0.25, 0.3) is 72.6 Å². The van der Waals surface area contributed by atoms with Crippen molar-refractivity contribution in [2.45, 2.75) is 76.6 Å². The number of furan rings is 1. The second kappa shape index (κ2) is 17.5. The average Bonchev–Trinajstić information content (AvgIpc) is 3.87. The fourth-order valence-electron chi connectivity index (χ4n) is 11.8. The molecule has 0 saturated heterocycles. The molecule has 13 rings (SSSR count). The monoisotopic (exact) mass is 1090 g/mol. The van der Waals surface area contributed by atoms with Crippen LogP contribution in [0.1, 0.15) is 54.6 Å². The first-order valence-corrected chi connectivity index (χ1v) is 30.6. The first-order valence-electron chi connectivity index (χ1n) is 23.2. The third-order valence-corrected chi connectivity index (χ3v) is 19.1. The summed E-state index contributed by atoms with van der Waals surface area (Å²) in [5, 5.41) is 2.00. The molecule has 8 heteroatoms. The number of para-hydroxylation sites is 1. The molecule has 0 unspecified atom stereocenters. The Hall–Kier alpha value is -5.21. The third kappa shape index (κ3) is 8.12. The van der Waals surface area contributed by atoms with Gasteiger partial charge in [0, 0.05) is 48.6 Å². The van der Waals surface area contributed by atoms with E-state index in [1.165, 1.54) is 32.1 Å². The number of nitrogens with zero attached hydrogens (tertiary/aromatic N) is 5. The van der Waals surface area contributed by atoms with E-state index in [-0.39, 0.29) is 20.1 Å². The summed E-state index contributed by atoms with van der Waals surface area (Å²) < 4.78 is 10.2. The first kappa shape index (κ1) is 43.7. The largest absolute Gasteiger partial charge is 0 e. The molecule has 0 aliphatic heterocycles. The summed E-state index contributed by atoms with van der Waals surface area (Å²) in [6.45, 7) is 6.07. The van der Waals surface area contributed by atoms with Crippen molar-refractivity contribution in [3.63, 3.8) is 0 Å². The molecule has 4 bridgehead atoms. The molecular weight excluding hydrogens is 1040 g/mol. The van der Waals surface area contributed by atoms with Gasteiger partial charge in [-0.3, -0.25) is 9.97 Å². The van der Waals surface area contributed by atoms with Crippen molar-refractivity contribution in [2.75, 3.05) is 0 Å². The maximum Gasteiger partial charge on any atom is 0 e. The van der Waals surface area contributed by atoms with Crippen molar-refractivity contribution in [1.29, 1.82) is 0 Å². The van der Waals surface area contributed by atoms with Crippen LogP contribution < -0.4 is 4.40 Å². The summed E-state index contributed by atoms with van der Waals surface area (Å²) in [5.74, 6) is 13.4. The number of aromatic nitrogens is 5. The zero-order valence-corrected chi connectivity index (χ0v) is 42.6. The van der Waals surface area contributed by atoms with E-state index in [2.05, 4.69) is 125 Å². The van der Waals surface area contributed by atoms with E-state index >= 15 is 0 Å². The minimum atomic E-state index is -1.94. The van der Waals surface area contributed by atoms with Crippen LogP contribution in [-0.4, -0.2) is 37.8 Å². The minimum Gasteiger partial charge on any atom is 0 e. The van der Waals surface area contributed by atoms with Crippen LogP contribution in [0.5, 0.6) is 0 Å². The van der Waals surface area contributed by atoms with Crippen molar-refractivity contribution in [3.05, 3.63) is 156 Å². The first-order chi connectivity index (χ1) is 31.1. The molecule has 4 saturated carbocycles. The Labute approximate surface area is 399 Å². The Morgan fingerprint density at radius 3 is 2.20 bits per heavy atom. The van der Waals surface area contributed by atoms with Gasteiger partial charge in [0.15, 0.2) is 0 Å². The number of fused-ring (bicyclic) bond motifs is 4. The Kier molecular flexibility index (Phi) is 11.8. The Morgan fingerprint density at radius 2 is 1.46 bits per heavy atom. The molecule has 65 heavy (non-hydrogen) atoms. The number of aryl methyl sites for hydroxylation is 3. The van der Waals surface area contributed by atoms with Gasteiger partial charge in [0.1, 0.15) is 0 Å². The van der Waals surface area contributed by atoms with E-state index in [1.54, 1.807) is 16.4 Å². The van der Waals surface area contributed by atoms with Crippen molar-refractivity contribution < 1.29 is 24.5 Å². The van der Waals surface area contributed by atoms with Crippen LogP contribution in [0.3, 0.4) is 0 Å². The Balaban J connectivity index is 0.000000158. The molecule has 4 aliphatic rings. The Bertz CT molecular complexity index is 3160. The van der Waals surface area contributed by atoms with Gasteiger partial charge in [0.2, 0.25) is 5.71 Å². The second-order valence-corrected chi connectivity index (χ2v) is 30.5. The molecule has 0 amide bonds. The van der Waals surface area contributed by atoms with Crippen LogP contribution >= 0.6 is 0 Å². The second-order valence-electron chi connectivity index (χ2n) is 19.9. The summed E-state index contributed by atoms with van der Waals surface area (Å²) in [6, 6.07) is 44.5. The van der Waals surface area contributed by atoms with Crippen molar-refractivity contribution in [1.82, 2.24) is 24.5 Å². The number of pyridine rings is 3. The van der Waals surface area contributed by atoms with E-state index in [1.807, 2.05) is 56.4 Å². The molecule has 0 spiro atoms. The van der Waals surface area contributed by atoms with Gasteiger partial charge in [0.25, 0.3) is 0 Å². The molecule has 1 radical (unpaired) electrons. The van der Waals surface area contributed by atoms with Crippen LogP contribution in [0.2, 0.25) is 17.3 Å². The van der Waals surface area contributed by atoms with E-state index in [4.69, 9.17) is 19.4 Å². The van der Waals surface area contributed by atoms with Crippen molar-refractivity contribution >= 4 is 50.8 Å². The summed E-state index contributed by atoms with van der Waals surface area (Å²) >= 11 is -1.94. The number of hydrogen-bond acceptors (Lipinski definition) is 5. The molecule has 5 heterocycles. The van der Waals surface area contributed by atoms with Gasteiger partial charge in [-0.15, -0.1) is 18.2 Å². The minimum absolute atomic E-state index is 0. The van der Waals surface area contributed by atoms with Gasteiger partial charge < -0.3 is 8.98 Å². The van der Waals surface area contributed by atoms with Crippen molar-refractivity contribution in [3.8, 4) is 39.5 Å². The standard InChI is InChI=1S/C32H23N4O.C25H32GeN.Ir/c1-19-18-26-24-13-9-14-25(30(24)37-32(26)34-20(19)2)31-35-29-21(3)33-17-16-28(29)36(31)27-15-8-7-12-23(27)22-10-5-4-6-11-22;1-26(2,3)24-16-27-25(19-7-5-4-6-8-19)15-22(24)14-23-20-10-17-9-18(12-20)13-21(23)11-17;/h4-13,15-18H,1-3H3;4-7,15-18,20-21,23H,9-14H2,1-3H3;/q2*-1;. The topological polar surface area (TPSA) is 69.6 Å². The van der Waals surface area contributed by atoms with E-state index in [0.717, 1.165) is 113 Å². The molecular formula is C57H55GeIrN5O-2. The van der Waals surface area contributed by atoms with Crippen molar-refractivity contribution in [2.24, 2.45) is 29.6 Å². The normalized spacial score (nSPS) is 19.9. The number of hydrogen-bond donors (Lipinski definition) is 0. The zero-order valence-electron chi connectivity index (χ0n) is 38.2. The smallest absolute Gasteiger partial charge is 0 e. The molecule has 5 aromatic heterocycles. The quantitative estimate of drug-likeness (QED) is 0.117. The Morgan fingerprint density at radius 1 is 0.723 bits per heavy atom. The summed E-state index contributed by atoms with van der Waals surface area (Å²) in [7, 11) is 0. The zero-order chi connectivity index (χ0) is 43.7. The fourth-order valence-corrected chi connectivity index (χ4v) is 15.1. The summed E-state index contributed by atoms with van der Waals surface area (Å²) in [5.41, 5.74) is 14.1. The number of benzene rings is 4. The van der Waals surface area contributed by atoms with Crippen LogP contribution in [0.4, 0.5) is 0 Å². The van der Waals surface area contributed by atoms with Gasteiger partial charge in [0.05, 0.1) is 28.1 Å². The van der Waals surface area contributed by atoms with Crippen LogP contribution in [0, 0.1) is 62.5 Å². The van der Waals surface area contributed by atoms with Crippen LogP contribution in [-0.2, 0) is 26.5 Å². The molecule has 4 aliphatic carbocycles. The maximum atomic E-state index is 6.39. The SMILES string of the molecule is Cc1cc2c(nc1C)oc1c(-c3nc4c(C)nccc4n3-c3ccccc3-c3ccccc3)[c-]ccc12.[CH3][Ge]([CH3])([CH3])[c]1cnc(-c2[c-]cccc2)cc1CC1C2CC3CC(C2)CC1C3.[Ir]. The molecule has 4 fully saturated rings. The number of rotatable bonds is 7. The molecule has 9 aromatic rings. The summed E-state index contributed by atoms with van der Waals surface area (Å²) in [4.78, 5) is 19.3. The fraction of sp³-hybridized carbons (Fsp3) is 0.298. The molecule has 6 nitrogen and oxygen atoms in total. The number of imidazole rings is 1. The van der Waals surface area contributed by atoms with E-state index in [0.29, 0.717) is 5.71 Å². The van der Waals surface area contributed by atoms with Gasteiger partial charge in [-0.25, -0.2) is 4.98 Å². The van der Waals surface area contributed by atoms with E-state index < -0.39 is 13.3 Å². The van der Waals surface area contributed by atoms with E-state index in [9.17, 15) is 0 Å². The van der Waals surface area contributed by atoms with Gasteiger partial charge in [-0.05, 0) is 50.1 Å². The van der Waals surface area contributed by atoms with Gasteiger partial charge in [-0.2, -0.15) is 0 Å².